The zero-order chi connectivity index (χ0) is 19.8. The number of aryl methyl sites for hydroxylation is 1. The van der Waals surface area contributed by atoms with Crippen molar-refractivity contribution in [2.75, 3.05) is 13.7 Å². The maximum absolute atomic E-state index is 12.5. The van der Waals surface area contributed by atoms with E-state index in [9.17, 15) is 18.3 Å². The highest BCUT2D eigenvalue weighted by molar-refractivity contribution is 6.37. The molecule has 0 fully saturated rings. The molecule has 6 nitrogen and oxygen atoms in total. The number of nitrogens with zero attached hydrogens (tertiary/aromatic N) is 3. The number of aromatic nitrogens is 3. The molecule has 27 heavy (non-hydrogen) atoms. The summed E-state index contributed by atoms with van der Waals surface area (Å²) in [5, 5.41) is 10.8. The molecular weight excluding hydrogens is 387 g/mol. The van der Waals surface area contributed by atoms with Gasteiger partial charge in [-0.2, -0.15) is 13.2 Å². The Bertz CT molecular complexity index is 975. The van der Waals surface area contributed by atoms with Crippen molar-refractivity contribution in [2.24, 2.45) is 7.05 Å². The van der Waals surface area contributed by atoms with Crippen LogP contribution in [-0.2, 0) is 7.05 Å². The number of fused-ring (bicyclic) bond motifs is 1. The molecule has 1 atom stereocenters. The van der Waals surface area contributed by atoms with Crippen LogP contribution in [0.15, 0.2) is 30.7 Å². The minimum absolute atomic E-state index is 0.0832. The van der Waals surface area contributed by atoms with Crippen molar-refractivity contribution >= 4 is 22.5 Å². The third-order valence-electron chi connectivity index (χ3n) is 3.90. The molecule has 10 heteroatoms. The number of aliphatic hydroxyl groups is 1. The first kappa shape index (κ1) is 19.2. The van der Waals surface area contributed by atoms with Crippen molar-refractivity contribution in [1.29, 1.82) is 0 Å². The monoisotopic (exact) mass is 401 g/mol. The summed E-state index contributed by atoms with van der Waals surface area (Å²) < 4.78 is 49.0. The number of imidazole rings is 1. The zero-order valence-corrected chi connectivity index (χ0v) is 15.0. The van der Waals surface area contributed by atoms with Crippen LogP contribution >= 0.6 is 11.6 Å². The van der Waals surface area contributed by atoms with Crippen LogP contribution in [0.3, 0.4) is 0 Å². The van der Waals surface area contributed by atoms with Gasteiger partial charge in [0.05, 0.1) is 35.9 Å². The van der Waals surface area contributed by atoms with Crippen LogP contribution in [0.25, 0.3) is 10.9 Å². The van der Waals surface area contributed by atoms with Crippen LogP contribution in [0, 0.1) is 0 Å². The van der Waals surface area contributed by atoms with E-state index in [1.807, 2.05) is 0 Å². The fourth-order valence-electron chi connectivity index (χ4n) is 2.59. The molecule has 1 N–H and O–H groups in total. The molecule has 0 saturated heterocycles. The van der Waals surface area contributed by atoms with E-state index in [4.69, 9.17) is 21.1 Å². The number of benzene rings is 1. The molecule has 0 radical (unpaired) electrons. The Morgan fingerprint density at radius 3 is 2.67 bits per heavy atom. The third kappa shape index (κ3) is 3.93. The second-order valence-corrected chi connectivity index (χ2v) is 6.15. The Kier molecular flexibility index (Phi) is 5.16. The summed E-state index contributed by atoms with van der Waals surface area (Å²) in [7, 11) is 2.99. The van der Waals surface area contributed by atoms with Crippen molar-refractivity contribution in [1.82, 2.24) is 14.5 Å². The number of alkyl halides is 3. The highest BCUT2D eigenvalue weighted by Gasteiger charge is 2.30. The first-order valence-electron chi connectivity index (χ1n) is 7.72. The number of hydrogen-bond acceptors (Lipinski definition) is 5. The fourth-order valence-corrected chi connectivity index (χ4v) is 2.88. The Balaban J connectivity index is 2.07. The topological polar surface area (TPSA) is 69.4 Å². The average Bonchev–Trinajstić information content (AvgIpc) is 3.05. The van der Waals surface area contributed by atoms with Crippen LogP contribution in [-0.4, -0.2) is 39.5 Å². The Morgan fingerprint density at radius 2 is 2.07 bits per heavy atom. The van der Waals surface area contributed by atoms with Crippen LogP contribution in [0.5, 0.6) is 11.6 Å². The normalized spacial score (nSPS) is 13.0. The molecule has 0 spiro atoms. The number of halogens is 4. The predicted molar refractivity (Wildman–Crippen MR) is 92.1 cm³/mol. The molecule has 0 aliphatic rings. The molecule has 0 bridgehead atoms. The van der Waals surface area contributed by atoms with Crippen LogP contribution in [0.1, 0.15) is 17.4 Å². The van der Waals surface area contributed by atoms with E-state index < -0.39 is 18.9 Å². The van der Waals surface area contributed by atoms with Gasteiger partial charge in [-0.15, -0.1) is 0 Å². The largest absolute Gasteiger partial charge is 0.478 e. The van der Waals surface area contributed by atoms with Gasteiger partial charge in [0.15, 0.2) is 6.61 Å². The molecule has 0 amide bonds. The van der Waals surface area contributed by atoms with E-state index in [1.54, 1.807) is 36.1 Å². The van der Waals surface area contributed by atoms with E-state index in [2.05, 4.69) is 9.97 Å². The average molecular weight is 402 g/mol. The van der Waals surface area contributed by atoms with Crippen molar-refractivity contribution in [3.05, 3.63) is 47.0 Å². The maximum atomic E-state index is 12.5. The molecule has 1 unspecified atom stereocenters. The van der Waals surface area contributed by atoms with E-state index >= 15 is 0 Å². The molecule has 2 heterocycles. The molecule has 0 aliphatic heterocycles. The summed E-state index contributed by atoms with van der Waals surface area (Å²) >= 11 is 6.28. The Labute approximate surface area is 157 Å². The standard InChI is InChI=1S/C17H15ClF3N3O3/c1-24-8-22-6-12(24)14(25)9-3-4-11-10(5-9)13(18)15(16(23-11)26-2)27-7-17(19,20)21/h3-6,8,14,25H,7H2,1-2H3. The smallest absolute Gasteiger partial charge is 0.422 e. The number of aliphatic hydroxyl groups excluding tert-OH is 1. The van der Waals surface area contributed by atoms with Crippen LogP contribution in [0.2, 0.25) is 5.02 Å². The third-order valence-corrected chi connectivity index (χ3v) is 4.27. The van der Waals surface area contributed by atoms with Gasteiger partial charge in [-0.3, -0.25) is 0 Å². The predicted octanol–water partition coefficient (Wildman–Crippen LogP) is 3.65. The number of hydrogen-bond donors (Lipinski definition) is 1. The summed E-state index contributed by atoms with van der Waals surface area (Å²) in [5.74, 6) is -0.465. The molecule has 0 saturated carbocycles. The number of pyridine rings is 1. The van der Waals surface area contributed by atoms with E-state index in [0.717, 1.165) is 0 Å². The summed E-state index contributed by atoms with van der Waals surface area (Å²) in [4.78, 5) is 8.09. The Morgan fingerprint density at radius 1 is 1.33 bits per heavy atom. The number of methoxy groups -OCH3 is 1. The van der Waals surface area contributed by atoms with Crippen LogP contribution < -0.4 is 9.47 Å². The minimum Gasteiger partial charge on any atom is -0.478 e. The fraction of sp³-hybridized carbons (Fsp3) is 0.294. The number of ether oxygens (including phenoxy) is 2. The van der Waals surface area contributed by atoms with E-state index in [-0.39, 0.29) is 16.7 Å². The van der Waals surface area contributed by atoms with Crippen molar-refractivity contribution in [2.45, 2.75) is 12.3 Å². The van der Waals surface area contributed by atoms with Gasteiger partial charge < -0.3 is 19.1 Å². The SMILES string of the molecule is COc1nc2ccc(C(O)c3cncn3C)cc2c(Cl)c1OCC(F)(F)F. The summed E-state index contributed by atoms with van der Waals surface area (Å²) in [6.07, 6.45) is -2.48. The number of rotatable bonds is 5. The van der Waals surface area contributed by atoms with Gasteiger partial charge in [-0.1, -0.05) is 17.7 Å². The summed E-state index contributed by atoms with van der Waals surface area (Å²) in [6, 6.07) is 4.77. The lowest BCUT2D eigenvalue weighted by Crippen LogP contribution is -2.19. The summed E-state index contributed by atoms with van der Waals surface area (Å²) in [5.41, 5.74) is 1.40. The molecule has 2 aromatic heterocycles. The molecule has 3 rings (SSSR count). The highest BCUT2D eigenvalue weighted by Crippen LogP contribution is 2.40. The van der Waals surface area contributed by atoms with Gasteiger partial charge in [0, 0.05) is 12.4 Å². The van der Waals surface area contributed by atoms with Gasteiger partial charge >= 0.3 is 6.18 Å². The first-order chi connectivity index (χ1) is 12.7. The minimum atomic E-state index is -4.54. The Hall–Kier alpha value is -2.52. The van der Waals surface area contributed by atoms with Gasteiger partial charge in [0.1, 0.15) is 6.10 Å². The van der Waals surface area contributed by atoms with Gasteiger partial charge in [0.2, 0.25) is 5.75 Å². The molecule has 144 valence electrons. The van der Waals surface area contributed by atoms with Gasteiger partial charge in [-0.25, -0.2) is 9.97 Å². The van der Waals surface area contributed by atoms with Crippen molar-refractivity contribution in [3.8, 4) is 11.6 Å². The second kappa shape index (κ2) is 7.24. The highest BCUT2D eigenvalue weighted by atomic mass is 35.5. The second-order valence-electron chi connectivity index (χ2n) is 5.78. The lowest BCUT2D eigenvalue weighted by atomic mass is 10.0. The maximum Gasteiger partial charge on any atom is 0.422 e. The lowest BCUT2D eigenvalue weighted by Gasteiger charge is -2.16. The molecular formula is C17H15ClF3N3O3. The lowest BCUT2D eigenvalue weighted by molar-refractivity contribution is -0.153. The zero-order valence-electron chi connectivity index (χ0n) is 14.3. The van der Waals surface area contributed by atoms with Crippen LogP contribution in [0.4, 0.5) is 13.2 Å². The van der Waals surface area contributed by atoms with E-state index in [0.29, 0.717) is 22.2 Å². The molecule has 3 aromatic rings. The van der Waals surface area contributed by atoms with Crippen molar-refractivity contribution < 1.29 is 27.8 Å². The van der Waals surface area contributed by atoms with Crippen molar-refractivity contribution in [3.63, 3.8) is 0 Å². The molecule has 0 aliphatic carbocycles. The van der Waals surface area contributed by atoms with Gasteiger partial charge in [0.25, 0.3) is 5.88 Å². The van der Waals surface area contributed by atoms with Gasteiger partial charge in [-0.05, 0) is 17.7 Å². The first-order valence-corrected chi connectivity index (χ1v) is 8.10. The quantitative estimate of drug-likeness (QED) is 0.706. The van der Waals surface area contributed by atoms with E-state index in [1.165, 1.54) is 13.3 Å². The molecule has 1 aromatic carbocycles. The summed E-state index contributed by atoms with van der Waals surface area (Å²) in [6.45, 7) is -1.53.